The Morgan fingerprint density at radius 1 is 1.64 bits per heavy atom. The molecule has 0 aliphatic heterocycles. The summed E-state index contributed by atoms with van der Waals surface area (Å²) in [6, 6.07) is 2.02. The zero-order valence-electron chi connectivity index (χ0n) is 6.87. The van der Waals surface area contributed by atoms with Crippen molar-refractivity contribution in [2.75, 3.05) is 19.0 Å². The van der Waals surface area contributed by atoms with Crippen molar-refractivity contribution >= 4 is 11.8 Å². The van der Waals surface area contributed by atoms with Crippen LogP contribution in [0.15, 0.2) is 0 Å². The van der Waals surface area contributed by atoms with Crippen molar-refractivity contribution < 1.29 is 9.47 Å². The lowest BCUT2D eigenvalue weighted by Crippen LogP contribution is -2.10. The zero-order chi connectivity index (χ0) is 8.53. The third-order valence-corrected chi connectivity index (χ3v) is 1.42. The maximum atomic E-state index is 8.26. The molecule has 0 saturated heterocycles. The number of ether oxygens (including phenoxy) is 2. The van der Waals surface area contributed by atoms with Gasteiger partial charge in [-0.1, -0.05) is 0 Å². The van der Waals surface area contributed by atoms with Crippen molar-refractivity contribution in [2.24, 2.45) is 0 Å². The lowest BCUT2D eigenvalue weighted by Gasteiger charge is -2.08. The van der Waals surface area contributed by atoms with Crippen molar-refractivity contribution in [3.63, 3.8) is 0 Å². The smallest absolute Gasteiger partial charge is 0.148 e. The van der Waals surface area contributed by atoms with Crippen LogP contribution in [-0.4, -0.2) is 25.1 Å². The van der Waals surface area contributed by atoms with E-state index in [1.165, 1.54) is 0 Å². The Bertz CT molecular complexity index is 124. The van der Waals surface area contributed by atoms with E-state index in [9.17, 15) is 0 Å². The van der Waals surface area contributed by atoms with Gasteiger partial charge in [0, 0.05) is 0 Å². The summed E-state index contributed by atoms with van der Waals surface area (Å²) in [6.45, 7) is 2.13. The first-order valence-electron chi connectivity index (χ1n) is 3.36. The molecular weight excluding hydrogens is 162 g/mol. The Balaban J connectivity index is 3.05. The van der Waals surface area contributed by atoms with E-state index < -0.39 is 0 Å². The van der Waals surface area contributed by atoms with Gasteiger partial charge >= 0.3 is 0 Å². The topological polar surface area (TPSA) is 42.2 Å². The van der Waals surface area contributed by atoms with E-state index in [1.807, 2.05) is 19.2 Å². The van der Waals surface area contributed by atoms with Gasteiger partial charge in [0.25, 0.3) is 0 Å². The van der Waals surface area contributed by atoms with Crippen molar-refractivity contribution in [2.45, 2.75) is 19.4 Å². The van der Waals surface area contributed by atoms with Crippen LogP contribution in [0.4, 0.5) is 0 Å². The van der Waals surface area contributed by atoms with Crippen molar-refractivity contribution in [1.29, 1.82) is 5.26 Å². The van der Waals surface area contributed by atoms with E-state index in [4.69, 9.17) is 14.7 Å². The highest BCUT2D eigenvalue weighted by Crippen LogP contribution is 1.97. The first-order valence-corrected chi connectivity index (χ1v) is 4.76. The van der Waals surface area contributed by atoms with Gasteiger partial charge in [-0.15, -0.1) is 11.8 Å². The summed E-state index contributed by atoms with van der Waals surface area (Å²) < 4.78 is 10.2. The van der Waals surface area contributed by atoms with E-state index in [-0.39, 0.29) is 12.9 Å². The zero-order valence-corrected chi connectivity index (χ0v) is 7.69. The van der Waals surface area contributed by atoms with Crippen LogP contribution in [0.1, 0.15) is 13.3 Å². The van der Waals surface area contributed by atoms with Crippen LogP contribution in [0.25, 0.3) is 0 Å². The maximum Gasteiger partial charge on any atom is 0.148 e. The first kappa shape index (κ1) is 10.8. The SMILES string of the molecule is CSCOCO[C@@H](C)CC#N. The summed E-state index contributed by atoms with van der Waals surface area (Å²) in [4.78, 5) is 0. The molecule has 64 valence electrons. The van der Waals surface area contributed by atoms with Crippen LogP contribution < -0.4 is 0 Å². The minimum absolute atomic E-state index is 0.0261. The van der Waals surface area contributed by atoms with Gasteiger partial charge < -0.3 is 9.47 Å². The van der Waals surface area contributed by atoms with Gasteiger partial charge in [0.2, 0.25) is 0 Å². The fourth-order valence-electron chi connectivity index (χ4n) is 0.469. The van der Waals surface area contributed by atoms with Gasteiger partial charge in [-0.25, -0.2) is 0 Å². The van der Waals surface area contributed by atoms with Crippen LogP contribution in [0.2, 0.25) is 0 Å². The highest BCUT2D eigenvalue weighted by molar-refractivity contribution is 7.98. The molecule has 0 unspecified atom stereocenters. The number of hydrogen-bond donors (Lipinski definition) is 0. The Kier molecular flexibility index (Phi) is 7.69. The summed E-state index contributed by atoms with van der Waals surface area (Å²) in [5, 5.41) is 8.26. The highest BCUT2D eigenvalue weighted by atomic mass is 32.2. The normalized spacial score (nSPS) is 12.5. The van der Waals surface area contributed by atoms with Crippen molar-refractivity contribution in [3.05, 3.63) is 0 Å². The summed E-state index contributed by atoms with van der Waals surface area (Å²) >= 11 is 1.60. The van der Waals surface area contributed by atoms with E-state index in [0.29, 0.717) is 12.4 Å². The molecule has 0 fully saturated rings. The molecule has 0 saturated carbocycles. The molecule has 0 radical (unpaired) electrons. The number of nitriles is 1. The average molecular weight is 175 g/mol. The van der Waals surface area contributed by atoms with Crippen LogP contribution in [0.5, 0.6) is 0 Å². The van der Waals surface area contributed by atoms with Crippen molar-refractivity contribution in [1.82, 2.24) is 0 Å². The van der Waals surface area contributed by atoms with Gasteiger partial charge in [0.15, 0.2) is 0 Å². The maximum absolute atomic E-state index is 8.26. The van der Waals surface area contributed by atoms with Crippen LogP contribution in [0, 0.1) is 11.3 Å². The van der Waals surface area contributed by atoms with E-state index >= 15 is 0 Å². The largest absolute Gasteiger partial charge is 0.351 e. The van der Waals surface area contributed by atoms with Gasteiger partial charge in [0.1, 0.15) is 6.79 Å². The summed E-state index contributed by atoms with van der Waals surface area (Å²) in [6.07, 6.45) is 2.35. The van der Waals surface area contributed by atoms with E-state index in [0.717, 1.165) is 0 Å². The second kappa shape index (κ2) is 7.86. The fourth-order valence-corrected chi connectivity index (χ4v) is 0.704. The quantitative estimate of drug-likeness (QED) is 0.454. The Morgan fingerprint density at radius 2 is 2.36 bits per heavy atom. The van der Waals surface area contributed by atoms with Crippen LogP contribution >= 0.6 is 11.8 Å². The molecule has 0 aromatic carbocycles. The summed E-state index contributed by atoms with van der Waals surface area (Å²) in [5.74, 6) is 0.638. The monoisotopic (exact) mass is 175 g/mol. The second-order valence-corrected chi connectivity index (χ2v) is 2.88. The molecule has 0 amide bonds. The first-order chi connectivity index (χ1) is 5.31. The Labute approximate surface area is 71.7 Å². The minimum Gasteiger partial charge on any atom is -0.351 e. The third-order valence-electron chi connectivity index (χ3n) is 1.02. The van der Waals surface area contributed by atoms with Gasteiger partial charge in [0.05, 0.1) is 24.5 Å². The number of thioether (sulfide) groups is 1. The molecule has 0 aliphatic carbocycles. The number of hydrogen-bond acceptors (Lipinski definition) is 4. The van der Waals surface area contributed by atoms with Gasteiger partial charge in [-0.2, -0.15) is 5.26 Å². The van der Waals surface area contributed by atoms with Gasteiger partial charge in [-0.05, 0) is 13.2 Å². The average Bonchev–Trinajstić information content (AvgIpc) is 1.99. The van der Waals surface area contributed by atoms with Crippen molar-refractivity contribution in [3.8, 4) is 6.07 Å². The number of nitrogens with zero attached hydrogens (tertiary/aromatic N) is 1. The molecule has 0 aromatic heterocycles. The Hall–Kier alpha value is -0.240. The second-order valence-electron chi connectivity index (χ2n) is 2.07. The molecule has 0 bridgehead atoms. The molecule has 1 atom stereocenters. The lowest BCUT2D eigenvalue weighted by molar-refractivity contribution is -0.0680. The molecule has 3 nitrogen and oxygen atoms in total. The molecule has 0 heterocycles. The molecule has 11 heavy (non-hydrogen) atoms. The van der Waals surface area contributed by atoms with Gasteiger partial charge in [-0.3, -0.25) is 0 Å². The summed E-state index contributed by atoms with van der Waals surface area (Å²) in [5.41, 5.74) is 0. The van der Waals surface area contributed by atoms with Crippen LogP contribution in [-0.2, 0) is 9.47 Å². The predicted octanol–water partition coefficient (Wildman–Crippen LogP) is 1.60. The predicted molar refractivity (Wildman–Crippen MR) is 45.1 cm³/mol. The van der Waals surface area contributed by atoms with E-state index in [1.54, 1.807) is 11.8 Å². The Morgan fingerprint density at radius 3 is 2.91 bits per heavy atom. The lowest BCUT2D eigenvalue weighted by atomic mass is 10.3. The molecule has 0 rings (SSSR count). The molecule has 0 N–H and O–H groups in total. The van der Waals surface area contributed by atoms with Crippen LogP contribution in [0.3, 0.4) is 0 Å². The minimum atomic E-state index is -0.0261. The molecule has 0 spiro atoms. The highest BCUT2D eigenvalue weighted by Gasteiger charge is 1.99. The summed E-state index contributed by atoms with van der Waals surface area (Å²) in [7, 11) is 0. The molecular formula is C7H13NO2S. The number of rotatable bonds is 6. The molecule has 0 aliphatic rings. The standard InChI is InChI=1S/C7H13NO2S/c1-7(3-4-8)10-5-9-6-11-2/h7H,3,5-6H2,1-2H3/t7-/m0/s1. The fraction of sp³-hybridized carbons (Fsp3) is 0.857. The molecule has 4 heteroatoms. The van der Waals surface area contributed by atoms with E-state index in [2.05, 4.69) is 0 Å². The molecule has 0 aromatic rings. The third kappa shape index (κ3) is 7.66.